The zero-order chi connectivity index (χ0) is 23.2. The van der Waals surface area contributed by atoms with Crippen LogP contribution in [-0.2, 0) is 6.42 Å². The first-order valence-corrected chi connectivity index (χ1v) is 11.4. The number of piperidine rings is 1. The van der Waals surface area contributed by atoms with Crippen LogP contribution in [0.1, 0.15) is 34.3 Å². The molecule has 0 spiro atoms. The van der Waals surface area contributed by atoms with E-state index in [4.69, 9.17) is 0 Å². The number of phenols is 1. The van der Waals surface area contributed by atoms with Gasteiger partial charge in [-0.15, -0.1) is 12.4 Å². The van der Waals surface area contributed by atoms with Gasteiger partial charge >= 0.3 is 0 Å². The summed E-state index contributed by atoms with van der Waals surface area (Å²) in [4.78, 5) is 17.4. The molecule has 1 aliphatic rings. The van der Waals surface area contributed by atoms with Crippen molar-refractivity contribution in [3.8, 4) is 22.9 Å². The van der Waals surface area contributed by atoms with Crippen molar-refractivity contribution in [2.75, 3.05) is 26.7 Å². The van der Waals surface area contributed by atoms with E-state index in [2.05, 4.69) is 42.3 Å². The number of hydrogen-bond donors (Lipinski definition) is 1. The number of nitriles is 1. The van der Waals surface area contributed by atoms with E-state index >= 15 is 0 Å². The Balaban J connectivity index is 0.00000324. The predicted octanol–water partition coefficient (Wildman–Crippen LogP) is 5.13. The van der Waals surface area contributed by atoms with Gasteiger partial charge in [0.2, 0.25) is 0 Å². The molecule has 34 heavy (non-hydrogen) atoms. The summed E-state index contributed by atoms with van der Waals surface area (Å²) in [5.41, 5.74) is 3.95. The summed E-state index contributed by atoms with van der Waals surface area (Å²) in [6, 6.07) is 25.2. The molecule has 4 rings (SSSR count). The van der Waals surface area contributed by atoms with E-state index in [9.17, 15) is 15.2 Å². The first kappa shape index (κ1) is 25.3. The van der Waals surface area contributed by atoms with E-state index in [1.54, 1.807) is 36.4 Å². The molecule has 6 heteroatoms. The maximum absolute atomic E-state index is 13.1. The van der Waals surface area contributed by atoms with Gasteiger partial charge in [0.15, 0.2) is 0 Å². The van der Waals surface area contributed by atoms with Gasteiger partial charge in [-0.1, -0.05) is 48.5 Å². The highest BCUT2D eigenvalue weighted by Gasteiger charge is 2.26. The number of carbonyl (C=O) groups excluding carboxylic acids is 1. The van der Waals surface area contributed by atoms with Gasteiger partial charge in [0.1, 0.15) is 5.75 Å². The fraction of sp³-hybridized carbons (Fsp3) is 0.286. The molecular weight excluding hydrogens is 446 g/mol. The Kier molecular flexibility index (Phi) is 8.70. The van der Waals surface area contributed by atoms with Crippen LogP contribution >= 0.6 is 12.4 Å². The quantitative estimate of drug-likeness (QED) is 0.536. The first-order valence-electron chi connectivity index (χ1n) is 11.4. The summed E-state index contributed by atoms with van der Waals surface area (Å²) in [5, 5.41) is 19.2. The highest BCUT2D eigenvalue weighted by molar-refractivity contribution is 5.95. The van der Waals surface area contributed by atoms with Crippen molar-refractivity contribution in [1.82, 2.24) is 9.80 Å². The predicted molar refractivity (Wildman–Crippen MR) is 137 cm³/mol. The number of carbonyl (C=O) groups is 1. The summed E-state index contributed by atoms with van der Waals surface area (Å²) >= 11 is 0. The van der Waals surface area contributed by atoms with Crippen LogP contribution in [0.25, 0.3) is 11.1 Å². The van der Waals surface area contributed by atoms with E-state index in [1.807, 2.05) is 17.0 Å². The first-order chi connectivity index (χ1) is 16.0. The van der Waals surface area contributed by atoms with Crippen LogP contribution in [-0.4, -0.2) is 53.5 Å². The van der Waals surface area contributed by atoms with Gasteiger partial charge < -0.3 is 14.9 Å². The van der Waals surface area contributed by atoms with Crippen LogP contribution in [0.3, 0.4) is 0 Å². The van der Waals surface area contributed by atoms with Gasteiger partial charge in [-0.25, -0.2) is 0 Å². The molecule has 3 aromatic carbocycles. The van der Waals surface area contributed by atoms with Crippen molar-refractivity contribution in [3.63, 3.8) is 0 Å². The Morgan fingerprint density at radius 1 is 1.06 bits per heavy atom. The maximum atomic E-state index is 13.1. The molecule has 1 N–H and O–H groups in total. The Morgan fingerprint density at radius 2 is 1.74 bits per heavy atom. The van der Waals surface area contributed by atoms with Gasteiger partial charge in [-0.3, -0.25) is 4.79 Å². The lowest BCUT2D eigenvalue weighted by atomic mass is 9.97. The Bertz CT molecular complexity index is 1130. The topological polar surface area (TPSA) is 67.6 Å². The van der Waals surface area contributed by atoms with E-state index in [0.717, 1.165) is 50.0 Å². The van der Waals surface area contributed by atoms with Crippen molar-refractivity contribution < 1.29 is 9.90 Å². The molecule has 1 fully saturated rings. The SMILES string of the molecule is CN(CCc1ccccc1)C1CCN(C(=O)c2ccc(-c3ccc(O)cc3)c(C#N)c2)CC1.Cl. The molecule has 1 heterocycles. The zero-order valence-electron chi connectivity index (χ0n) is 19.4. The fourth-order valence-electron chi connectivity index (χ4n) is 4.49. The number of rotatable bonds is 6. The van der Waals surface area contributed by atoms with Crippen molar-refractivity contribution in [1.29, 1.82) is 5.26 Å². The summed E-state index contributed by atoms with van der Waals surface area (Å²) < 4.78 is 0. The van der Waals surface area contributed by atoms with Gasteiger partial charge in [0.05, 0.1) is 11.6 Å². The smallest absolute Gasteiger partial charge is 0.253 e. The molecule has 1 saturated heterocycles. The number of phenolic OH excluding ortho intramolecular Hbond substituents is 1. The normalized spacial score (nSPS) is 13.9. The summed E-state index contributed by atoms with van der Waals surface area (Å²) in [6.07, 6.45) is 2.93. The minimum absolute atomic E-state index is 0. The highest BCUT2D eigenvalue weighted by atomic mass is 35.5. The van der Waals surface area contributed by atoms with Crippen molar-refractivity contribution in [3.05, 3.63) is 89.5 Å². The van der Waals surface area contributed by atoms with E-state index in [-0.39, 0.29) is 24.1 Å². The second kappa shape index (κ2) is 11.7. The average molecular weight is 476 g/mol. The lowest BCUT2D eigenvalue weighted by Crippen LogP contribution is -2.46. The van der Waals surface area contributed by atoms with Crippen molar-refractivity contribution in [2.24, 2.45) is 0 Å². The minimum atomic E-state index is -0.0193. The third-order valence-electron chi connectivity index (χ3n) is 6.54. The molecule has 0 aromatic heterocycles. The van der Waals surface area contributed by atoms with Crippen LogP contribution in [0, 0.1) is 11.3 Å². The number of benzene rings is 3. The third-order valence-corrected chi connectivity index (χ3v) is 6.54. The maximum Gasteiger partial charge on any atom is 0.253 e. The lowest BCUT2D eigenvalue weighted by molar-refractivity contribution is 0.0647. The number of hydrogen-bond acceptors (Lipinski definition) is 4. The third kappa shape index (κ3) is 5.96. The summed E-state index contributed by atoms with van der Waals surface area (Å²) in [7, 11) is 2.17. The van der Waals surface area contributed by atoms with Crippen molar-refractivity contribution >= 4 is 18.3 Å². The van der Waals surface area contributed by atoms with E-state index in [1.165, 1.54) is 5.56 Å². The van der Waals surface area contributed by atoms with Crippen LogP contribution in [0.15, 0.2) is 72.8 Å². The van der Waals surface area contributed by atoms with Crippen LogP contribution in [0.5, 0.6) is 5.75 Å². The van der Waals surface area contributed by atoms with Gasteiger partial charge in [-0.2, -0.15) is 5.26 Å². The fourth-order valence-corrected chi connectivity index (χ4v) is 4.49. The number of likely N-dealkylation sites (tertiary alicyclic amines) is 1. The molecule has 0 unspecified atom stereocenters. The molecule has 1 aliphatic heterocycles. The number of aromatic hydroxyl groups is 1. The molecule has 0 saturated carbocycles. The molecule has 0 radical (unpaired) electrons. The molecule has 5 nitrogen and oxygen atoms in total. The second-order valence-electron chi connectivity index (χ2n) is 8.66. The Hall–Kier alpha value is -3.33. The summed E-state index contributed by atoms with van der Waals surface area (Å²) in [5.74, 6) is 0.160. The zero-order valence-corrected chi connectivity index (χ0v) is 20.2. The summed E-state index contributed by atoms with van der Waals surface area (Å²) in [6.45, 7) is 2.45. The molecule has 0 aliphatic carbocycles. The number of likely N-dealkylation sites (N-methyl/N-ethyl adjacent to an activating group) is 1. The van der Waals surface area contributed by atoms with Crippen molar-refractivity contribution in [2.45, 2.75) is 25.3 Å². The van der Waals surface area contributed by atoms with E-state index < -0.39 is 0 Å². The molecule has 3 aromatic rings. The minimum Gasteiger partial charge on any atom is -0.508 e. The van der Waals surface area contributed by atoms with Gasteiger partial charge in [-0.05, 0) is 67.3 Å². The largest absolute Gasteiger partial charge is 0.508 e. The van der Waals surface area contributed by atoms with E-state index in [0.29, 0.717) is 17.2 Å². The molecule has 0 atom stereocenters. The molecule has 1 amide bonds. The number of halogens is 1. The molecule has 0 bridgehead atoms. The Morgan fingerprint density at radius 3 is 2.38 bits per heavy atom. The molecule has 176 valence electrons. The molecular formula is C28H30ClN3O2. The van der Waals surface area contributed by atoms with Crippen LogP contribution < -0.4 is 0 Å². The standard InChI is InChI=1S/C28H29N3O2.ClH/c1-30(16-13-21-5-3-2-4-6-21)25-14-17-31(18-15-25)28(33)23-9-12-27(24(19-23)20-29)22-7-10-26(32)11-8-22;/h2-12,19,25,32H,13-18H2,1H3;1H. The van der Waals surface area contributed by atoms with Crippen LogP contribution in [0.2, 0.25) is 0 Å². The average Bonchev–Trinajstić information content (AvgIpc) is 2.87. The number of amides is 1. The number of nitrogens with zero attached hydrogens (tertiary/aromatic N) is 3. The highest BCUT2D eigenvalue weighted by Crippen LogP contribution is 2.27. The lowest BCUT2D eigenvalue weighted by Gasteiger charge is -2.37. The monoisotopic (exact) mass is 475 g/mol. The van der Waals surface area contributed by atoms with Crippen LogP contribution in [0.4, 0.5) is 0 Å². The van der Waals surface area contributed by atoms with Gasteiger partial charge in [0.25, 0.3) is 5.91 Å². The van der Waals surface area contributed by atoms with Gasteiger partial charge in [0, 0.05) is 31.2 Å². The Labute approximate surface area is 207 Å². The second-order valence-corrected chi connectivity index (χ2v) is 8.66.